The molecule has 0 spiro atoms. The van der Waals surface area contributed by atoms with Crippen LogP contribution in [-0.4, -0.2) is 33.8 Å². The lowest BCUT2D eigenvalue weighted by Crippen LogP contribution is -2.30. The number of hydrogen-bond donors (Lipinski definition) is 1. The quantitative estimate of drug-likeness (QED) is 0.300. The Morgan fingerprint density at radius 1 is 1.14 bits per heavy atom. The van der Waals surface area contributed by atoms with Crippen LogP contribution in [-0.2, 0) is 16.1 Å². The summed E-state index contributed by atoms with van der Waals surface area (Å²) in [6, 6.07) is 11.9. The number of benzene rings is 1. The zero-order valence-electron chi connectivity index (χ0n) is 18.7. The van der Waals surface area contributed by atoms with Crippen molar-refractivity contribution in [3.63, 3.8) is 0 Å². The number of carbonyl (C=O) groups is 1. The first kappa shape index (κ1) is 24.0. The van der Waals surface area contributed by atoms with E-state index in [1.54, 1.807) is 25.4 Å². The van der Waals surface area contributed by atoms with E-state index < -0.39 is 18.4 Å². The molecule has 0 amide bonds. The van der Waals surface area contributed by atoms with Crippen molar-refractivity contribution in [1.29, 1.82) is 0 Å². The number of fused-ring (bicyclic) bond motifs is 1. The zero-order valence-corrected chi connectivity index (χ0v) is 18.7. The number of pyridine rings is 2. The number of halogens is 3. The summed E-state index contributed by atoms with van der Waals surface area (Å²) in [5.41, 5.74) is 8.55. The Balaban J connectivity index is 1.58. The molecule has 0 saturated carbocycles. The number of alkyl halides is 3. The van der Waals surface area contributed by atoms with Crippen molar-refractivity contribution in [3.8, 4) is 17.5 Å². The van der Waals surface area contributed by atoms with Crippen LogP contribution < -0.4 is 15.2 Å². The van der Waals surface area contributed by atoms with Crippen molar-refractivity contribution >= 4 is 16.9 Å². The third-order valence-electron chi connectivity index (χ3n) is 5.18. The van der Waals surface area contributed by atoms with E-state index in [1.807, 2.05) is 31.3 Å². The second-order valence-corrected chi connectivity index (χ2v) is 7.65. The molecule has 0 bridgehead atoms. The van der Waals surface area contributed by atoms with E-state index in [1.165, 1.54) is 18.3 Å². The maximum atomic E-state index is 12.5. The third-order valence-corrected chi connectivity index (χ3v) is 5.18. The van der Waals surface area contributed by atoms with E-state index in [0.717, 1.165) is 22.0 Å². The standard InChI is InChI=1S/C24H21F3N4O4/c1-14-12-31(13-15-6-7-19(33-2)30-11-15)17-4-3-5-18(21(14)17)34-20-10-16(8-9-29-20)22(28)35-23(32)24(25,26)27/h3-12,22H,13,28H2,1-2H3. The van der Waals surface area contributed by atoms with Gasteiger partial charge in [-0.1, -0.05) is 12.1 Å². The van der Waals surface area contributed by atoms with Crippen LogP contribution in [0.15, 0.2) is 61.1 Å². The van der Waals surface area contributed by atoms with Crippen molar-refractivity contribution in [2.45, 2.75) is 25.9 Å². The predicted octanol–water partition coefficient (Wildman–Crippen LogP) is 4.65. The van der Waals surface area contributed by atoms with E-state index in [-0.39, 0.29) is 11.4 Å². The molecule has 0 aliphatic rings. The third kappa shape index (κ3) is 5.35. The van der Waals surface area contributed by atoms with Crippen molar-refractivity contribution in [1.82, 2.24) is 14.5 Å². The van der Waals surface area contributed by atoms with Gasteiger partial charge in [-0.05, 0) is 36.2 Å². The van der Waals surface area contributed by atoms with Gasteiger partial charge in [0.2, 0.25) is 11.8 Å². The molecule has 1 atom stereocenters. The minimum atomic E-state index is -5.15. The first-order chi connectivity index (χ1) is 16.7. The van der Waals surface area contributed by atoms with E-state index >= 15 is 0 Å². The van der Waals surface area contributed by atoms with Crippen molar-refractivity contribution in [3.05, 3.63) is 77.7 Å². The van der Waals surface area contributed by atoms with Gasteiger partial charge in [0, 0.05) is 48.2 Å². The molecule has 11 heteroatoms. The molecular weight excluding hydrogens is 465 g/mol. The number of hydrogen-bond acceptors (Lipinski definition) is 7. The lowest BCUT2D eigenvalue weighted by Gasteiger charge is -2.15. The first-order valence-electron chi connectivity index (χ1n) is 10.4. The van der Waals surface area contributed by atoms with Crippen LogP contribution in [0.5, 0.6) is 17.5 Å². The highest BCUT2D eigenvalue weighted by Crippen LogP contribution is 2.34. The molecule has 2 N–H and O–H groups in total. The summed E-state index contributed by atoms with van der Waals surface area (Å²) >= 11 is 0. The Morgan fingerprint density at radius 2 is 1.94 bits per heavy atom. The Labute approximate surface area is 198 Å². The van der Waals surface area contributed by atoms with Crippen LogP contribution in [0.25, 0.3) is 10.9 Å². The molecule has 1 unspecified atom stereocenters. The molecule has 0 saturated heterocycles. The fourth-order valence-corrected chi connectivity index (χ4v) is 3.58. The maximum absolute atomic E-state index is 12.5. The second kappa shape index (κ2) is 9.63. The summed E-state index contributed by atoms with van der Waals surface area (Å²) in [6.07, 6.45) is -1.75. The summed E-state index contributed by atoms with van der Waals surface area (Å²) in [6.45, 7) is 2.51. The summed E-state index contributed by atoms with van der Waals surface area (Å²) in [7, 11) is 1.56. The van der Waals surface area contributed by atoms with Gasteiger partial charge in [0.05, 0.1) is 12.6 Å². The molecule has 0 radical (unpaired) electrons. The molecule has 1 aromatic carbocycles. The van der Waals surface area contributed by atoms with E-state index in [0.29, 0.717) is 18.2 Å². The van der Waals surface area contributed by atoms with Gasteiger partial charge < -0.3 is 18.8 Å². The summed E-state index contributed by atoms with van der Waals surface area (Å²) in [4.78, 5) is 19.4. The van der Waals surface area contributed by atoms with E-state index in [9.17, 15) is 18.0 Å². The van der Waals surface area contributed by atoms with Gasteiger partial charge in [-0.15, -0.1) is 0 Å². The lowest BCUT2D eigenvalue weighted by molar-refractivity contribution is -0.205. The van der Waals surface area contributed by atoms with Gasteiger partial charge in [-0.25, -0.2) is 14.8 Å². The van der Waals surface area contributed by atoms with Crippen LogP contribution in [0.1, 0.15) is 22.9 Å². The number of methoxy groups -OCH3 is 1. The SMILES string of the molecule is COc1ccc(Cn2cc(C)c3c(Oc4cc(C(N)OC(=O)C(F)(F)F)ccn4)cccc32)cn1. The number of carbonyl (C=O) groups excluding carboxylic acids is 1. The predicted molar refractivity (Wildman–Crippen MR) is 120 cm³/mol. The maximum Gasteiger partial charge on any atom is 0.490 e. The minimum Gasteiger partial charge on any atom is -0.481 e. The number of aryl methyl sites for hydroxylation is 1. The number of ether oxygens (including phenoxy) is 3. The van der Waals surface area contributed by atoms with Gasteiger partial charge in [0.25, 0.3) is 0 Å². The summed E-state index contributed by atoms with van der Waals surface area (Å²) in [5, 5.41) is 0.842. The van der Waals surface area contributed by atoms with Crippen LogP contribution in [0.4, 0.5) is 13.2 Å². The molecule has 8 nitrogen and oxygen atoms in total. The molecule has 3 heterocycles. The topological polar surface area (TPSA) is 101 Å². The summed E-state index contributed by atoms with van der Waals surface area (Å²) in [5.74, 6) is -1.27. The van der Waals surface area contributed by atoms with Crippen molar-refractivity contribution in [2.75, 3.05) is 7.11 Å². The largest absolute Gasteiger partial charge is 0.490 e. The first-order valence-corrected chi connectivity index (χ1v) is 10.4. The summed E-state index contributed by atoms with van der Waals surface area (Å²) < 4.78 is 54.8. The van der Waals surface area contributed by atoms with E-state index in [4.69, 9.17) is 15.2 Å². The number of aromatic nitrogens is 3. The molecule has 182 valence electrons. The molecule has 0 fully saturated rings. The van der Waals surface area contributed by atoms with Crippen LogP contribution in [0.3, 0.4) is 0 Å². The number of nitrogens with zero attached hydrogens (tertiary/aromatic N) is 3. The normalized spacial score (nSPS) is 12.4. The molecular formula is C24H21F3N4O4. The lowest BCUT2D eigenvalue weighted by atomic mass is 10.1. The average molecular weight is 486 g/mol. The Bertz CT molecular complexity index is 1350. The Morgan fingerprint density at radius 3 is 2.63 bits per heavy atom. The second-order valence-electron chi connectivity index (χ2n) is 7.65. The van der Waals surface area contributed by atoms with Gasteiger partial charge in [-0.2, -0.15) is 13.2 Å². The van der Waals surface area contributed by atoms with Crippen LogP contribution >= 0.6 is 0 Å². The molecule has 0 aliphatic heterocycles. The highest BCUT2D eigenvalue weighted by atomic mass is 19.4. The van der Waals surface area contributed by atoms with Gasteiger partial charge in [0.15, 0.2) is 6.23 Å². The molecule has 0 aliphatic carbocycles. The Hall–Kier alpha value is -4.12. The molecule has 4 aromatic rings. The number of rotatable bonds is 7. The Kier molecular flexibility index (Phi) is 6.61. The van der Waals surface area contributed by atoms with Crippen molar-refractivity contribution in [2.24, 2.45) is 5.73 Å². The minimum absolute atomic E-state index is 0.0833. The molecule has 4 rings (SSSR count). The fraction of sp³-hybridized carbons (Fsp3) is 0.208. The van der Waals surface area contributed by atoms with Crippen molar-refractivity contribution < 1.29 is 32.2 Å². The van der Waals surface area contributed by atoms with E-state index in [2.05, 4.69) is 19.3 Å². The van der Waals surface area contributed by atoms with Crippen LogP contribution in [0.2, 0.25) is 0 Å². The molecule has 3 aromatic heterocycles. The number of nitrogens with two attached hydrogens (primary N) is 1. The van der Waals surface area contributed by atoms with Gasteiger partial charge in [0.1, 0.15) is 5.75 Å². The average Bonchev–Trinajstić information content (AvgIpc) is 3.15. The highest BCUT2D eigenvalue weighted by molar-refractivity contribution is 5.90. The fourth-order valence-electron chi connectivity index (χ4n) is 3.58. The number of esters is 1. The molecule has 35 heavy (non-hydrogen) atoms. The smallest absolute Gasteiger partial charge is 0.481 e. The van der Waals surface area contributed by atoms with Crippen LogP contribution in [0, 0.1) is 6.92 Å². The van der Waals surface area contributed by atoms with Gasteiger partial charge in [-0.3, -0.25) is 5.73 Å². The van der Waals surface area contributed by atoms with Gasteiger partial charge >= 0.3 is 12.1 Å². The highest BCUT2D eigenvalue weighted by Gasteiger charge is 2.42. The monoisotopic (exact) mass is 486 g/mol. The zero-order chi connectivity index (χ0) is 25.2.